The number of nitrogens with one attached hydrogen (secondary N) is 1. The van der Waals surface area contributed by atoms with E-state index in [1.807, 2.05) is 0 Å². The molecule has 3 aromatic rings. The summed E-state index contributed by atoms with van der Waals surface area (Å²) in [6.07, 6.45) is 4.48. The van der Waals surface area contributed by atoms with Crippen molar-refractivity contribution < 1.29 is 13.9 Å². The van der Waals surface area contributed by atoms with E-state index in [4.69, 9.17) is 4.42 Å². The first-order valence-electron chi connectivity index (χ1n) is 5.84. The number of carbonyl (C=O) groups is 1. The Labute approximate surface area is 113 Å². The minimum atomic E-state index is -0.478. The van der Waals surface area contributed by atoms with E-state index in [0.29, 0.717) is 27.9 Å². The lowest BCUT2D eigenvalue weighted by molar-refractivity contribution is 0.0600. The van der Waals surface area contributed by atoms with Gasteiger partial charge in [-0.25, -0.2) is 4.79 Å². The molecule has 6 nitrogen and oxygen atoms in total. The van der Waals surface area contributed by atoms with Gasteiger partial charge in [0.1, 0.15) is 11.3 Å². The smallest absolute Gasteiger partial charge is 0.339 e. The van der Waals surface area contributed by atoms with E-state index in [1.54, 1.807) is 24.4 Å². The van der Waals surface area contributed by atoms with Gasteiger partial charge in [-0.15, -0.1) is 0 Å². The van der Waals surface area contributed by atoms with Crippen molar-refractivity contribution in [3.63, 3.8) is 0 Å². The highest BCUT2D eigenvalue weighted by Crippen LogP contribution is 2.25. The highest BCUT2D eigenvalue weighted by Gasteiger charge is 2.12. The van der Waals surface area contributed by atoms with Crippen LogP contribution in [-0.2, 0) is 4.74 Å². The zero-order chi connectivity index (χ0) is 14.1. The molecule has 0 radical (unpaired) electrons. The number of rotatable bonds is 2. The van der Waals surface area contributed by atoms with Crippen LogP contribution in [0.4, 0.5) is 0 Å². The van der Waals surface area contributed by atoms with Crippen molar-refractivity contribution in [3.05, 3.63) is 52.7 Å². The number of nitrogens with zero attached hydrogens (tertiary/aromatic N) is 1. The first-order valence-corrected chi connectivity index (χ1v) is 5.84. The van der Waals surface area contributed by atoms with Crippen LogP contribution in [0, 0.1) is 0 Å². The molecule has 0 aromatic carbocycles. The fourth-order valence-corrected chi connectivity index (χ4v) is 1.92. The lowest BCUT2D eigenvalue weighted by atomic mass is 10.1. The van der Waals surface area contributed by atoms with Gasteiger partial charge in [-0.05, 0) is 18.2 Å². The van der Waals surface area contributed by atoms with Gasteiger partial charge in [-0.3, -0.25) is 9.78 Å². The van der Waals surface area contributed by atoms with E-state index < -0.39 is 5.97 Å². The summed E-state index contributed by atoms with van der Waals surface area (Å²) in [6.45, 7) is 0. The van der Waals surface area contributed by atoms with Crippen LogP contribution in [-0.4, -0.2) is 23.0 Å². The van der Waals surface area contributed by atoms with Crippen molar-refractivity contribution in [3.8, 4) is 11.3 Å². The predicted octanol–water partition coefficient (Wildman–Crippen LogP) is 1.97. The summed E-state index contributed by atoms with van der Waals surface area (Å²) in [5.74, 6) is -0.0109. The van der Waals surface area contributed by atoms with Gasteiger partial charge in [0.15, 0.2) is 0 Å². The summed E-state index contributed by atoms with van der Waals surface area (Å²) in [5.41, 5.74) is 1.17. The normalized spacial score (nSPS) is 10.7. The van der Waals surface area contributed by atoms with Crippen LogP contribution in [0.15, 0.2) is 46.0 Å². The van der Waals surface area contributed by atoms with E-state index in [1.165, 1.54) is 19.5 Å². The Hall–Kier alpha value is -2.89. The van der Waals surface area contributed by atoms with Crippen molar-refractivity contribution in [1.29, 1.82) is 0 Å². The van der Waals surface area contributed by atoms with Crippen molar-refractivity contribution in [2.45, 2.75) is 0 Å². The molecule has 6 heteroatoms. The van der Waals surface area contributed by atoms with Crippen LogP contribution in [0.25, 0.3) is 22.3 Å². The Bertz CT molecular complexity index is 848. The van der Waals surface area contributed by atoms with E-state index in [0.717, 1.165) is 0 Å². The largest absolute Gasteiger partial charge is 0.465 e. The molecule has 100 valence electrons. The minimum Gasteiger partial charge on any atom is -0.465 e. The van der Waals surface area contributed by atoms with Crippen LogP contribution in [0.1, 0.15) is 10.4 Å². The Kier molecular flexibility index (Phi) is 2.83. The van der Waals surface area contributed by atoms with Gasteiger partial charge in [0.25, 0.3) is 5.56 Å². The average molecular weight is 270 g/mol. The van der Waals surface area contributed by atoms with Crippen LogP contribution >= 0.6 is 0 Å². The standard InChI is InChI=1S/C14H10N2O4/c1-19-14(18)9-4-8(6-15-7-9)12-5-10-11(20-12)2-3-16-13(10)17/h2-7H,1H3,(H,16,17). The molecule has 3 heterocycles. The van der Waals surface area contributed by atoms with Gasteiger partial charge in [-0.1, -0.05) is 0 Å². The number of esters is 1. The van der Waals surface area contributed by atoms with E-state index in [9.17, 15) is 9.59 Å². The number of pyridine rings is 2. The fraction of sp³-hybridized carbons (Fsp3) is 0.0714. The van der Waals surface area contributed by atoms with Crippen LogP contribution in [0.3, 0.4) is 0 Å². The second-order valence-electron chi connectivity index (χ2n) is 4.15. The zero-order valence-electron chi connectivity index (χ0n) is 10.5. The Morgan fingerprint density at radius 1 is 1.35 bits per heavy atom. The quantitative estimate of drug-likeness (QED) is 0.719. The van der Waals surface area contributed by atoms with Crippen LogP contribution in [0.5, 0.6) is 0 Å². The lowest BCUT2D eigenvalue weighted by Crippen LogP contribution is -2.02. The molecule has 0 fully saturated rings. The Morgan fingerprint density at radius 2 is 2.20 bits per heavy atom. The Balaban J connectivity index is 2.13. The average Bonchev–Trinajstić information content (AvgIpc) is 2.92. The number of ether oxygens (including phenoxy) is 1. The van der Waals surface area contributed by atoms with E-state index in [-0.39, 0.29) is 5.56 Å². The van der Waals surface area contributed by atoms with Gasteiger partial charge in [0, 0.05) is 24.2 Å². The summed E-state index contributed by atoms with van der Waals surface area (Å²) >= 11 is 0. The Morgan fingerprint density at radius 3 is 2.95 bits per heavy atom. The van der Waals surface area contributed by atoms with Gasteiger partial charge in [-0.2, -0.15) is 0 Å². The van der Waals surface area contributed by atoms with Gasteiger partial charge in [0.2, 0.25) is 0 Å². The number of fused-ring (bicyclic) bond motifs is 1. The number of methoxy groups -OCH3 is 1. The fourth-order valence-electron chi connectivity index (χ4n) is 1.92. The van der Waals surface area contributed by atoms with Gasteiger partial charge in [0.05, 0.1) is 18.1 Å². The van der Waals surface area contributed by atoms with E-state index in [2.05, 4.69) is 14.7 Å². The summed E-state index contributed by atoms with van der Waals surface area (Å²) < 4.78 is 10.2. The molecular formula is C14H10N2O4. The zero-order valence-corrected chi connectivity index (χ0v) is 10.5. The molecule has 0 bridgehead atoms. The third-order valence-corrected chi connectivity index (χ3v) is 2.90. The molecule has 0 saturated heterocycles. The molecule has 0 amide bonds. The maximum absolute atomic E-state index is 11.6. The number of furan rings is 1. The SMILES string of the molecule is COC(=O)c1cncc(-c2cc3c(=O)[nH]ccc3o2)c1. The van der Waals surface area contributed by atoms with Crippen LogP contribution < -0.4 is 5.56 Å². The van der Waals surface area contributed by atoms with Crippen LogP contribution in [0.2, 0.25) is 0 Å². The molecule has 1 N–H and O–H groups in total. The highest BCUT2D eigenvalue weighted by molar-refractivity contribution is 5.90. The minimum absolute atomic E-state index is 0.227. The monoisotopic (exact) mass is 270 g/mol. The topological polar surface area (TPSA) is 85.2 Å². The number of aromatic nitrogens is 2. The summed E-state index contributed by atoms with van der Waals surface area (Å²) in [6, 6.07) is 4.88. The van der Waals surface area contributed by atoms with Crippen molar-refractivity contribution in [2.24, 2.45) is 0 Å². The number of hydrogen-bond acceptors (Lipinski definition) is 5. The molecular weight excluding hydrogens is 260 g/mol. The molecule has 0 unspecified atom stereocenters. The molecule has 0 spiro atoms. The number of carbonyl (C=O) groups excluding carboxylic acids is 1. The lowest BCUT2D eigenvalue weighted by Gasteiger charge is -2.00. The first-order chi connectivity index (χ1) is 9.69. The van der Waals surface area contributed by atoms with Crippen molar-refractivity contribution >= 4 is 16.9 Å². The molecule has 0 aliphatic heterocycles. The van der Waals surface area contributed by atoms with Crippen molar-refractivity contribution in [2.75, 3.05) is 7.11 Å². The molecule has 0 saturated carbocycles. The molecule has 20 heavy (non-hydrogen) atoms. The maximum atomic E-state index is 11.6. The molecule has 0 aliphatic carbocycles. The predicted molar refractivity (Wildman–Crippen MR) is 71.4 cm³/mol. The second-order valence-corrected chi connectivity index (χ2v) is 4.15. The number of hydrogen-bond donors (Lipinski definition) is 1. The summed E-state index contributed by atoms with van der Waals surface area (Å²) in [7, 11) is 1.30. The van der Waals surface area contributed by atoms with Gasteiger partial charge >= 0.3 is 5.97 Å². The highest BCUT2D eigenvalue weighted by atomic mass is 16.5. The first kappa shape index (κ1) is 12.2. The second kappa shape index (κ2) is 4.65. The van der Waals surface area contributed by atoms with Crippen molar-refractivity contribution in [1.82, 2.24) is 9.97 Å². The number of H-pyrrole nitrogens is 1. The number of aromatic amines is 1. The molecule has 3 aromatic heterocycles. The summed E-state index contributed by atoms with van der Waals surface area (Å²) in [4.78, 5) is 29.7. The third-order valence-electron chi connectivity index (χ3n) is 2.90. The molecule has 3 rings (SSSR count). The molecule has 0 aliphatic rings. The van der Waals surface area contributed by atoms with E-state index >= 15 is 0 Å². The molecule has 0 atom stereocenters. The third kappa shape index (κ3) is 1.97. The summed E-state index contributed by atoms with van der Waals surface area (Å²) in [5, 5.41) is 0.450. The maximum Gasteiger partial charge on any atom is 0.339 e. The van der Waals surface area contributed by atoms with Gasteiger partial charge < -0.3 is 14.1 Å².